The molecular formula is C30H31FN6O3. The molecule has 6 rings (SSSR count). The number of benzene rings is 1. The summed E-state index contributed by atoms with van der Waals surface area (Å²) in [5.41, 5.74) is 2.48. The Labute approximate surface area is 230 Å². The average molecular weight is 543 g/mol. The molecule has 2 aliphatic rings. The number of halogens is 1. The minimum absolute atomic E-state index is 0.0213. The molecule has 1 aromatic carbocycles. The number of hydrogen-bond donors (Lipinski definition) is 4. The van der Waals surface area contributed by atoms with Crippen LogP contribution >= 0.6 is 0 Å². The van der Waals surface area contributed by atoms with Gasteiger partial charge < -0.3 is 25.6 Å². The number of hydrogen-bond acceptors (Lipinski definition) is 7. The van der Waals surface area contributed by atoms with Crippen LogP contribution in [0.15, 0.2) is 59.7 Å². The Morgan fingerprint density at radius 1 is 1.05 bits per heavy atom. The van der Waals surface area contributed by atoms with Gasteiger partial charge in [-0.1, -0.05) is 12.8 Å². The lowest BCUT2D eigenvalue weighted by molar-refractivity contribution is -0.119. The molecule has 4 heterocycles. The van der Waals surface area contributed by atoms with E-state index in [1.54, 1.807) is 30.5 Å². The van der Waals surface area contributed by atoms with Crippen LogP contribution in [0.4, 0.5) is 27.3 Å². The van der Waals surface area contributed by atoms with Crippen LogP contribution in [-0.2, 0) is 4.79 Å². The van der Waals surface area contributed by atoms with Gasteiger partial charge in [0.1, 0.15) is 11.6 Å². The Morgan fingerprint density at radius 3 is 2.58 bits per heavy atom. The predicted molar refractivity (Wildman–Crippen MR) is 153 cm³/mol. The summed E-state index contributed by atoms with van der Waals surface area (Å²) in [6.45, 7) is 1.52. The molecule has 4 N–H and O–H groups in total. The second-order valence-electron chi connectivity index (χ2n) is 10.5. The normalized spacial score (nSPS) is 16.4. The van der Waals surface area contributed by atoms with Crippen molar-refractivity contribution < 1.29 is 14.3 Å². The minimum Gasteiger partial charge on any atom is -0.393 e. The third-order valence-corrected chi connectivity index (χ3v) is 7.81. The lowest BCUT2D eigenvalue weighted by Crippen LogP contribution is -2.35. The molecule has 1 aliphatic heterocycles. The first-order valence-electron chi connectivity index (χ1n) is 13.7. The summed E-state index contributed by atoms with van der Waals surface area (Å²) in [6, 6.07) is 11.6. The number of nitrogens with one attached hydrogen (secondary N) is 3. The lowest BCUT2D eigenvalue weighted by Gasteiger charge is -2.31. The Kier molecular flexibility index (Phi) is 7.17. The first kappa shape index (κ1) is 25.9. The summed E-state index contributed by atoms with van der Waals surface area (Å²) in [6.07, 6.45) is 8.26. The lowest BCUT2D eigenvalue weighted by atomic mass is 10.1. The van der Waals surface area contributed by atoms with Gasteiger partial charge in [-0.2, -0.15) is 0 Å². The molecule has 10 heteroatoms. The number of aliphatic hydroxyl groups excluding tert-OH is 1. The molecule has 0 bridgehead atoms. The SMILES string of the molecule is O=C(Nc1ccc(-c2cc(Nc3ccc(N4CCC(O)CC4)cn3)c3c(=O)[nH]ccc3n2)c(F)c1)C1CCCC1. The van der Waals surface area contributed by atoms with Crippen LogP contribution in [0.25, 0.3) is 22.2 Å². The number of carbonyl (C=O) groups excluding carboxylic acids is 1. The van der Waals surface area contributed by atoms with E-state index in [-0.39, 0.29) is 29.1 Å². The maximum Gasteiger partial charge on any atom is 0.259 e. The fourth-order valence-electron chi connectivity index (χ4n) is 5.57. The molecule has 40 heavy (non-hydrogen) atoms. The molecular weight excluding hydrogens is 511 g/mol. The number of anilines is 4. The van der Waals surface area contributed by atoms with Crippen LogP contribution < -0.4 is 21.1 Å². The molecule has 2 fully saturated rings. The Balaban J connectivity index is 1.28. The fourth-order valence-corrected chi connectivity index (χ4v) is 5.57. The quantitative estimate of drug-likeness (QED) is 0.272. The Bertz CT molecular complexity index is 1590. The highest BCUT2D eigenvalue weighted by atomic mass is 19.1. The highest BCUT2D eigenvalue weighted by Crippen LogP contribution is 2.32. The highest BCUT2D eigenvalue weighted by molar-refractivity contribution is 5.95. The van der Waals surface area contributed by atoms with Crippen molar-refractivity contribution in [3.8, 4) is 11.3 Å². The van der Waals surface area contributed by atoms with E-state index in [0.29, 0.717) is 33.8 Å². The van der Waals surface area contributed by atoms with Gasteiger partial charge in [-0.05, 0) is 68.1 Å². The number of H-pyrrole nitrogens is 1. The van der Waals surface area contributed by atoms with Gasteiger partial charge in [0, 0.05) is 36.5 Å². The van der Waals surface area contributed by atoms with E-state index in [2.05, 4.69) is 30.5 Å². The molecule has 0 spiro atoms. The van der Waals surface area contributed by atoms with E-state index in [4.69, 9.17) is 0 Å². The van der Waals surface area contributed by atoms with Crippen molar-refractivity contribution in [1.82, 2.24) is 15.0 Å². The fraction of sp³-hybridized carbons (Fsp3) is 0.333. The molecule has 206 valence electrons. The predicted octanol–water partition coefficient (Wildman–Crippen LogP) is 4.96. The van der Waals surface area contributed by atoms with Crippen molar-refractivity contribution >= 4 is 39.7 Å². The van der Waals surface area contributed by atoms with Crippen LogP contribution in [0.5, 0.6) is 0 Å². The highest BCUT2D eigenvalue weighted by Gasteiger charge is 2.23. The van der Waals surface area contributed by atoms with Gasteiger partial charge in [-0.15, -0.1) is 0 Å². The maximum absolute atomic E-state index is 15.3. The Morgan fingerprint density at radius 2 is 1.85 bits per heavy atom. The molecule has 1 saturated heterocycles. The molecule has 0 unspecified atom stereocenters. The van der Waals surface area contributed by atoms with E-state index in [1.807, 2.05) is 12.1 Å². The minimum atomic E-state index is -0.527. The topological polar surface area (TPSA) is 123 Å². The number of aliphatic hydroxyl groups is 1. The number of fused-ring (bicyclic) bond motifs is 1. The number of aromatic nitrogens is 3. The van der Waals surface area contributed by atoms with Crippen molar-refractivity contribution in [1.29, 1.82) is 0 Å². The van der Waals surface area contributed by atoms with E-state index >= 15 is 4.39 Å². The summed E-state index contributed by atoms with van der Waals surface area (Å²) in [7, 11) is 0. The van der Waals surface area contributed by atoms with Crippen LogP contribution in [0.2, 0.25) is 0 Å². The number of aromatic amines is 1. The number of nitrogens with zero attached hydrogens (tertiary/aromatic N) is 3. The number of amides is 1. The molecule has 3 aromatic heterocycles. The summed E-state index contributed by atoms with van der Waals surface area (Å²) in [5, 5.41) is 16.2. The molecule has 9 nitrogen and oxygen atoms in total. The monoisotopic (exact) mass is 542 g/mol. The summed E-state index contributed by atoms with van der Waals surface area (Å²) in [5.74, 6) is -0.100. The summed E-state index contributed by atoms with van der Waals surface area (Å²) in [4.78, 5) is 39.2. The van der Waals surface area contributed by atoms with Crippen LogP contribution in [0.1, 0.15) is 38.5 Å². The van der Waals surface area contributed by atoms with E-state index in [1.165, 1.54) is 12.3 Å². The largest absolute Gasteiger partial charge is 0.393 e. The smallest absolute Gasteiger partial charge is 0.259 e. The third-order valence-electron chi connectivity index (χ3n) is 7.81. The zero-order chi connectivity index (χ0) is 27.6. The molecule has 0 atom stereocenters. The molecule has 1 aliphatic carbocycles. The van der Waals surface area contributed by atoms with Gasteiger partial charge in [-0.3, -0.25) is 9.59 Å². The number of pyridine rings is 3. The molecule has 4 aromatic rings. The number of rotatable bonds is 6. The zero-order valence-corrected chi connectivity index (χ0v) is 22.0. The van der Waals surface area contributed by atoms with Crippen molar-refractivity contribution in [2.75, 3.05) is 28.6 Å². The second kappa shape index (κ2) is 11.1. The van der Waals surface area contributed by atoms with Crippen molar-refractivity contribution in [3.63, 3.8) is 0 Å². The van der Waals surface area contributed by atoms with Crippen molar-refractivity contribution in [2.45, 2.75) is 44.6 Å². The van der Waals surface area contributed by atoms with Crippen molar-refractivity contribution in [2.24, 2.45) is 5.92 Å². The van der Waals surface area contributed by atoms with Crippen molar-refractivity contribution in [3.05, 3.63) is 71.0 Å². The third kappa shape index (κ3) is 5.40. The van der Waals surface area contributed by atoms with Crippen LogP contribution in [0.3, 0.4) is 0 Å². The second-order valence-corrected chi connectivity index (χ2v) is 10.5. The molecule has 0 radical (unpaired) electrons. The van der Waals surface area contributed by atoms with Gasteiger partial charge in [-0.25, -0.2) is 14.4 Å². The summed E-state index contributed by atoms with van der Waals surface area (Å²) < 4.78 is 15.3. The van der Waals surface area contributed by atoms with Gasteiger partial charge in [0.05, 0.1) is 40.3 Å². The van der Waals surface area contributed by atoms with Gasteiger partial charge in [0.15, 0.2) is 0 Å². The zero-order valence-electron chi connectivity index (χ0n) is 22.0. The standard InChI is InChI=1S/C30H31FN6O3/c31-23-15-19(34-29(39)18-3-1-2-4-18)5-7-22(23)25-16-26(28-24(35-25)9-12-32-30(28)40)36-27-8-6-20(17-33-27)37-13-10-21(38)11-14-37/h5-9,12,15-18,21,38H,1-4,10-11,13-14H2,(H,32,40)(H,34,39)(H,33,35,36). The van der Waals surface area contributed by atoms with Gasteiger partial charge in [0.25, 0.3) is 5.56 Å². The van der Waals surface area contributed by atoms with Crippen LogP contribution in [-0.4, -0.2) is 45.2 Å². The Hall–Kier alpha value is -4.31. The van der Waals surface area contributed by atoms with E-state index in [9.17, 15) is 14.7 Å². The summed E-state index contributed by atoms with van der Waals surface area (Å²) >= 11 is 0. The van der Waals surface area contributed by atoms with Crippen LogP contribution in [0, 0.1) is 11.7 Å². The van der Waals surface area contributed by atoms with Gasteiger partial charge >= 0.3 is 0 Å². The maximum atomic E-state index is 15.3. The first-order valence-corrected chi connectivity index (χ1v) is 13.7. The molecule has 1 amide bonds. The first-order chi connectivity index (χ1) is 19.4. The molecule has 1 saturated carbocycles. The van der Waals surface area contributed by atoms with E-state index < -0.39 is 5.82 Å². The average Bonchev–Trinajstić information content (AvgIpc) is 3.50. The van der Waals surface area contributed by atoms with Gasteiger partial charge in [0.2, 0.25) is 5.91 Å². The van der Waals surface area contributed by atoms with E-state index in [0.717, 1.165) is 57.3 Å². The number of carbonyl (C=O) groups is 1. The number of piperidine rings is 1.